The molecule has 0 radical (unpaired) electrons. The van der Waals surface area contributed by atoms with Gasteiger partial charge in [0.1, 0.15) is 5.75 Å². The molecular weight excluding hydrogens is 589 g/mol. The van der Waals surface area contributed by atoms with E-state index >= 15 is 0 Å². The van der Waals surface area contributed by atoms with Crippen LogP contribution < -0.4 is 15.5 Å². The molecule has 8 heteroatoms. The first kappa shape index (κ1) is 35.2. The summed E-state index contributed by atoms with van der Waals surface area (Å²) in [6.07, 6.45) is 10.4. The maximum atomic E-state index is 12.8. The molecule has 10 atom stereocenters. The van der Waals surface area contributed by atoms with Gasteiger partial charge in [-0.2, -0.15) is 0 Å². The fourth-order valence-electron chi connectivity index (χ4n) is 11.0. The molecule has 1 aromatic carbocycles. The first-order chi connectivity index (χ1) is 22.1. The Bertz CT molecular complexity index is 1260. The van der Waals surface area contributed by atoms with E-state index in [1.807, 2.05) is 24.3 Å². The predicted octanol–water partition coefficient (Wildman–Crippen LogP) is 6.28. The lowest BCUT2D eigenvalue weighted by Gasteiger charge is -2.62. The van der Waals surface area contributed by atoms with Gasteiger partial charge in [0.2, 0.25) is 5.91 Å². The lowest BCUT2D eigenvalue weighted by Crippen LogP contribution is -2.58. The normalized spacial score (nSPS) is 39.4. The molecule has 262 valence electrons. The van der Waals surface area contributed by atoms with Gasteiger partial charge in [0.05, 0.1) is 30.0 Å². The van der Waals surface area contributed by atoms with Crippen LogP contribution in [-0.4, -0.2) is 59.8 Å². The van der Waals surface area contributed by atoms with Crippen molar-refractivity contribution in [2.45, 2.75) is 143 Å². The number of ether oxygens (including phenoxy) is 1. The second-order valence-electron chi connectivity index (χ2n) is 17.7. The van der Waals surface area contributed by atoms with Crippen LogP contribution in [0.15, 0.2) is 24.3 Å². The van der Waals surface area contributed by atoms with Crippen molar-refractivity contribution in [1.82, 2.24) is 5.32 Å². The number of aliphatic hydroxyl groups is 2. The van der Waals surface area contributed by atoms with Gasteiger partial charge < -0.3 is 29.6 Å². The summed E-state index contributed by atoms with van der Waals surface area (Å²) in [6.45, 7) is 16.7. The number of hydrogen-bond acceptors (Lipinski definition) is 6. The molecule has 7 nitrogen and oxygen atoms in total. The molecule has 47 heavy (non-hydrogen) atoms. The lowest BCUT2D eigenvalue weighted by atomic mass is 9.43. The molecule has 6 rings (SSSR count). The number of carbonyl (C=O) groups excluding carboxylic acids is 1. The summed E-state index contributed by atoms with van der Waals surface area (Å²) in [5.74, 6) is 3.98. The maximum Gasteiger partial charge on any atom is 0.494 e. The molecule has 4 saturated carbocycles. The number of hydrogen-bond donors (Lipinski definition) is 3. The molecule has 0 aromatic heterocycles. The van der Waals surface area contributed by atoms with Crippen molar-refractivity contribution in [1.29, 1.82) is 0 Å². The van der Waals surface area contributed by atoms with E-state index in [-0.39, 0.29) is 40.1 Å². The summed E-state index contributed by atoms with van der Waals surface area (Å²) in [7, 11) is -0.416. The number of benzene rings is 1. The van der Waals surface area contributed by atoms with Crippen LogP contribution in [-0.2, 0) is 14.1 Å². The Kier molecular flexibility index (Phi) is 9.94. The number of carbonyl (C=O) groups is 1. The van der Waals surface area contributed by atoms with Crippen molar-refractivity contribution in [2.24, 2.45) is 46.3 Å². The first-order valence-electron chi connectivity index (χ1n) is 18.9. The van der Waals surface area contributed by atoms with Crippen LogP contribution in [0, 0.1) is 46.3 Å². The third-order valence-corrected chi connectivity index (χ3v) is 14.5. The Morgan fingerprint density at radius 2 is 1.68 bits per heavy atom. The Balaban J connectivity index is 0.934. The van der Waals surface area contributed by atoms with Gasteiger partial charge in [-0.05, 0) is 156 Å². The predicted molar refractivity (Wildman–Crippen MR) is 186 cm³/mol. The Morgan fingerprint density at radius 3 is 2.43 bits per heavy atom. The molecule has 0 spiro atoms. The monoisotopic (exact) mass is 651 g/mol. The number of nitrogens with one attached hydrogen (secondary N) is 1. The Hall–Kier alpha value is -1.61. The van der Waals surface area contributed by atoms with Gasteiger partial charge in [-0.3, -0.25) is 4.79 Å². The molecular formula is C39H62BNO6. The molecule has 1 saturated heterocycles. The molecule has 1 heterocycles. The summed E-state index contributed by atoms with van der Waals surface area (Å²) in [4.78, 5) is 12.8. The first-order valence-corrected chi connectivity index (χ1v) is 18.9. The topological polar surface area (TPSA) is 97.3 Å². The Morgan fingerprint density at radius 1 is 0.979 bits per heavy atom. The van der Waals surface area contributed by atoms with Crippen molar-refractivity contribution in [3.63, 3.8) is 0 Å². The molecule has 1 aromatic rings. The number of rotatable bonds is 10. The number of fused-ring (bicyclic) bond motifs is 5. The van der Waals surface area contributed by atoms with Crippen molar-refractivity contribution < 1.29 is 29.1 Å². The van der Waals surface area contributed by atoms with Crippen LogP contribution in [0.25, 0.3) is 0 Å². The smallest absolute Gasteiger partial charge is 0.494 e. The van der Waals surface area contributed by atoms with Crippen LogP contribution >= 0.6 is 0 Å². The van der Waals surface area contributed by atoms with E-state index in [9.17, 15) is 15.0 Å². The van der Waals surface area contributed by atoms with Gasteiger partial charge in [-0.1, -0.05) is 32.9 Å². The van der Waals surface area contributed by atoms with Gasteiger partial charge in [0.25, 0.3) is 0 Å². The van der Waals surface area contributed by atoms with E-state index in [4.69, 9.17) is 14.0 Å². The molecule has 1 aliphatic heterocycles. The van der Waals surface area contributed by atoms with Crippen molar-refractivity contribution >= 4 is 18.5 Å². The van der Waals surface area contributed by atoms with E-state index in [1.54, 1.807) is 0 Å². The second kappa shape index (κ2) is 13.3. The zero-order chi connectivity index (χ0) is 33.8. The zero-order valence-electron chi connectivity index (χ0n) is 30.2. The SMILES string of the molecule is C[C@H](CCC(=O)NCCCOc1cccc(B2OC(C)(C)C(C)(C)O2)c1)[C@H]1CC[C@H]2C3[C@@H](O)C[C@@H]4C[C@H](O)CC[C@]4(C)[C@H]3CC[C@]12C. The van der Waals surface area contributed by atoms with Gasteiger partial charge >= 0.3 is 7.12 Å². The largest absolute Gasteiger partial charge is 0.494 e. The average Bonchev–Trinajstić information content (AvgIpc) is 3.48. The lowest BCUT2D eigenvalue weighted by molar-refractivity contribution is -0.174. The van der Waals surface area contributed by atoms with Gasteiger partial charge in [0, 0.05) is 13.0 Å². The van der Waals surface area contributed by atoms with Crippen molar-refractivity contribution in [2.75, 3.05) is 13.2 Å². The zero-order valence-corrected chi connectivity index (χ0v) is 30.2. The van der Waals surface area contributed by atoms with Crippen LogP contribution in [0.4, 0.5) is 0 Å². The highest BCUT2D eigenvalue weighted by atomic mass is 16.7. The standard InChI is InChI=1S/C39H62BNO6/c1-25(30-13-14-31-35-32(17-19-39(30,31)7)38(6)18-16-28(42)22-26(38)23-33(35)43)12-15-34(44)41-20-9-21-45-29-11-8-10-27(24-29)40-46-36(2,3)37(4,5)47-40/h8,10-11,24-26,28,30-33,35,42-43H,9,12-23H2,1-7H3,(H,41,44)/t25-,26+,28-,30-,31+,32+,33+,35?,38+,39-/m1/s1. The molecule has 1 unspecified atom stereocenters. The molecule has 1 amide bonds. The summed E-state index contributed by atoms with van der Waals surface area (Å²) in [5.41, 5.74) is 0.679. The van der Waals surface area contributed by atoms with E-state index in [0.29, 0.717) is 55.1 Å². The fourth-order valence-corrected chi connectivity index (χ4v) is 11.0. The third kappa shape index (κ3) is 6.67. The third-order valence-electron chi connectivity index (χ3n) is 14.5. The van der Waals surface area contributed by atoms with Crippen molar-refractivity contribution in [3.8, 4) is 5.75 Å². The molecule has 0 bridgehead atoms. The minimum Gasteiger partial charge on any atom is -0.494 e. The van der Waals surface area contributed by atoms with Crippen molar-refractivity contribution in [3.05, 3.63) is 24.3 Å². The quantitative estimate of drug-likeness (QED) is 0.204. The van der Waals surface area contributed by atoms with E-state index in [1.165, 1.54) is 25.7 Å². The summed E-state index contributed by atoms with van der Waals surface area (Å²) >= 11 is 0. The van der Waals surface area contributed by atoms with Crippen LogP contribution in [0.3, 0.4) is 0 Å². The summed E-state index contributed by atoms with van der Waals surface area (Å²) < 4.78 is 18.4. The second-order valence-corrected chi connectivity index (χ2v) is 17.7. The van der Waals surface area contributed by atoms with E-state index in [2.05, 4.69) is 53.8 Å². The van der Waals surface area contributed by atoms with E-state index in [0.717, 1.165) is 49.7 Å². The fraction of sp³-hybridized carbons (Fsp3) is 0.821. The summed E-state index contributed by atoms with van der Waals surface area (Å²) in [5, 5.41) is 25.0. The highest BCUT2D eigenvalue weighted by Crippen LogP contribution is 2.68. The van der Waals surface area contributed by atoms with Crippen LogP contribution in [0.5, 0.6) is 5.75 Å². The number of amides is 1. The minimum atomic E-state index is -0.416. The summed E-state index contributed by atoms with van der Waals surface area (Å²) in [6, 6.07) is 7.90. The molecule has 4 aliphatic carbocycles. The average molecular weight is 652 g/mol. The van der Waals surface area contributed by atoms with Crippen LogP contribution in [0.2, 0.25) is 0 Å². The van der Waals surface area contributed by atoms with Gasteiger partial charge in [0.15, 0.2) is 0 Å². The molecule has 3 N–H and O–H groups in total. The molecule has 5 fully saturated rings. The highest BCUT2D eigenvalue weighted by Gasteiger charge is 2.63. The maximum absolute atomic E-state index is 12.8. The minimum absolute atomic E-state index is 0.129. The molecule has 5 aliphatic rings. The van der Waals surface area contributed by atoms with Gasteiger partial charge in [-0.15, -0.1) is 0 Å². The number of aliphatic hydroxyl groups excluding tert-OH is 2. The van der Waals surface area contributed by atoms with E-state index < -0.39 is 7.12 Å². The Labute approximate surface area is 284 Å². The van der Waals surface area contributed by atoms with Gasteiger partial charge in [-0.25, -0.2) is 0 Å². The van der Waals surface area contributed by atoms with Crippen LogP contribution in [0.1, 0.15) is 119 Å². The highest BCUT2D eigenvalue weighted by molar-refractivity contribution is 6.62.